The highest BCUT2D eigenvalue weighted by Crippen LogP contribution is 2.40. The lowest BCUT2D eigenvalue weighted by atomic mass is 9.91. The molecule has 3 unspecified atom stereocenters. The molecule has 0 spiro atoms. The SMILES string of the molecule is [C-]#[N+]c1ccc(NC(=O)C2(C)CC(CC(C)C)=NN2)cc1C(F)(F)F.[C-]#[N+]c1ccc(NC(=O)C2(C)CC(CC(C)C)N=N2)cc1C(F)(F)F. The van der Waals surface area contributed by atoms with E-state index in [4.69, 9.17) is 13.1 Å². The predicted octanol–water partition coefficient (Wildman–Crippen LogP) is 9.57. The van der Waals surface area contributed by atoms with Gasteiger partial charge in [-0.05, 0) is 62.8 Å². The van der Waals surface area contributed by atoms with E-state index in [0.717, 1.165) is 42.8 Å². The fourth-order valence-corrected chi connectivity index (χ4v) is 5.38. The first kappa shape index (κ1) is 39.4. The summed E-state index contributed by atoms with van der Waals surface area (Å²) in [5.41, 5.74) is -1.66. The summed E-state index contributed by atoms with van der Waals surface area (Å²) in [4.78, 5) is 30.7. The van der Waals surface area contributed by atoms with Gasteiger partial charge in [-0.1, -0.05) is 39.8 Å². The summed E-state index contributed by atoms with van der Waals surface area (Å²) in [6, 6.07) is 6.15. The summed E-state index contributed by atoms with van der Waals surface area (Å²) in [6.07, 6.45) is -6.98. The van der Waals surface area contributed by atoms with Crippen molar-refractivity contribution in [2.24, 2.45) is 27.2 Å². The number of azo groups is 1. The van der Waals surface area contributed by atoms with E-state index in [1.807, 2.05) is 27.7 Å². The molecule has 2 aliphatic rings. The molecule has 3 atom stereocenters. The lowest BCUT2D eigenvalue weighted by Crippen LogP contribution is -2.47. The van der Waals surface area contributed by atoms with Gasteiger partial charge in [0.05, 0.1) is 30.3 Å². The van der Waals surface area contributed by atoms with E-state index in [0.29, 0.717) is 24.7 Å². The number of benzene rings is 2. The molecule has 0 bridgehead atoms. The van der Waals surface area contributed by atoms with E-state index in [2.05, 4.69) is 41.1 Å². The van der Waals surface area contributed by atoms with Crippen molar-refractivity contribution in [3.63, 3.8) is 0 Å². The molecule has 3 N–H and O–H groups in total. The molecule has 2 aromatic rings. The van der Waals surface area contributed by atoms with Gasteiger partial charge in [0.15, 0.2) is 16.9 Å². The number of hydrazone groups is 1. The summed E-state index contributed by atoms with van der Waals surface area (Å²) in [6.45, 7) is 25.1. The minimum Gasteiger partial charge on any atom is -0.324 e. The maximum Gasteiger partial charge on any atom is 0.407 e. The van der Waals surface area contributed by atoms with Crippen LogP contribution in [0.5, 0.6) is 0 Å². The summed E-state index contributed by atoms with van der Waals surface area (Å²) in [5.74, 6) is -0.184. The van der Waals surface area contributed by atoms with Gasteiger partial charge in [0.1, 0.15) is 5.54 Å². The highest BCUT2D eigenvalue weighted by molar-refractivity contribution is 6.03. The van der Waals surface area contributed by atoms with Crippen LogP contribution in [-0.4, -0.2) is 34.6 Å². The van der Waals surface area contributed by atoms with Crippen LogP contribution < -0.4 is 16.1 Å². The molecule has 50 heavy (non-hydrogen) atoms. The van der Waals surface area contributed by atoms with Gasteiger partial charge in [0.25, 0.3) is 11.8 Å². The molecule has 0 saturated heterocycles. The highest BCUT2D eigenvalue weighted by Gasteiger charge is 2.42. The van der Waals surface area contributed by atoms with Crippen LogP contribution in [-0.2, 0) is 21.9 Å². The lowest BCUT2D eigenvalue weighted by molar-refractivity contribution is -0.137. The first-order chi connectivity index (χ1) is 23.1. The molecule has 2 heterocycles. The first-order valence-electron chi connectivity index (χ1n) is 15.6. The van der Waals surface area contributed by atoms with Crippen molar-refractivity contribution in [3.05, 3.63) is 70.4 Å². The van der Waals surface area contributed by atoms with Crippen molar-refractivity contribution in [1.82, 2.24) is 5.43 Å². The molecule has 16 heteroatoms. The largest absolute Gasteiger partial charge is 0.407 e. The average Bonchev–Trinajstić information content (AvgIpc) is 3.58. The van der Waals surface area contributed by atoms with E-state index >= 15 is 0 Å². The Morgan fingerprint density at radius 1 is 0.880 bits per heavy atom. The number of nitrogens with zero attached hydrogens (tertiary/aromatic N) is 5. The van der Waals surface area contributed by atoms with E-state index in [1.165, 1.54) is 12.1 Å². The van der Waals surface area contributed by atoms with Crippen molar-refractivity contribution >= 4 is 40.3 Å². The zero-order valence-electron chi connectivity index (χ0n) is 28.3. The van der Waals surface area contributed by atoms with Crippen molar-refractivity contribution in [2.45, 2.75) is 96.7 Å². The Morgan fingerprint density at radius 3 is 1.82 bits per heavy atom. The fourth-order valence-electron chi connectivity index (χ4n) is 5.38. The van der Waals surface area contributed by atoms with Crippen LogP contribution in [0.15, 0.2) is 51.7 Å². The Balaban J connectivity index is 0.000000270. The van der Waals surface area contributed by atoms with Crippen molar-refractivity contribution < 1.29 is 35.9 Å². The zero-order valence-corrected chi connectivity index (χ0v) is 28.3. The highest BCUT2D eigenvalue weighted by atomic mass is 19.4. The summed E-state index contributed by atoms with van der Waals surface area (Å²) in [7, 11) is 0. The van der Waals surface area contributed by atoms with E-state index in [1.54, 1.807) is 13.8 Å². The quantitative estimate of drug-likeness (QED) is 0.188. The summed E-state index contributed by atoms with van der Waals surface area (Å²) < 4.78 is 78.1. The van der Waals surface area contributed by atoms with Crippen molar-refractivity contribution in [1.29, 1.82) is 0 Å². The second-order valence-corrected chi connectivity index (χ2v) is 13.5. The molecule has 0 radical (unpaired) electrons. The number of halogens is 6. The number of anilines is 2. The summed E-state index contributed by atoms with van der Waals surface area (Å²) in [5, 5.41) is 17.3. The number of nitrogens with one attached hydrogen (secondary N) is 3. The Morgan fingerprint density at radius 2 is 1.38 bits per heavy atom. The van der Waals surface area contributed by atoms with Gasteiger partial charge >= 0.3 is 12.4 Å². The van der Waals surface area contributed by atoms with Crippen LogP contribution >= 0.6 is 0 Å². The first-order valence-corrected chi connectivity index (χ1v) is 15.6. The predicted molar refractivity (Wildman–Crippen MR) is 177 cm³/mol. The fraction of sp³-hybridized carbons (Fsp3) is 0.500. The minimum absolute atomic E-state index is 0.00920. The number of hydrogen-bond acceptors (Lipinski definition) is 6. The lowest BCUT2D eigenvalue weighted by Gasteiger charge is -2.23. The third kappa shape index (κ3) is 10.0. The smallest absolute Gasteiger partial charge is 0.324 e. The summed E-state index contributed by atoms with van der Waals surface area (Å²) >= 11 is 0. The zero-order chi connectivity index (χ0) is 37.7. The molecule has 10 nitrogen and oxygen atoms in total. The Kier molecular flexibility index (Phi) is 12.0. The molecular formula is C34H38F6N8O2. The van der Waals surface area contributed by atoms with Gasteiger partial charge in [-0.15, -0.1) is 0 Å². The van der Waals surface area contributed by atoms with Crippen LogP contribution in [0, 0.1) is 25.0 Å². The van der Waals surface area contributed by atoms with Crippen LogP contribution in [0.4, 0.5) is 49.1 Å². The molecule has 0 fully saturated rings. The van der Waals surface area contributed by atoms with E-state index in [9.17, 15) is 35.9 Å². The van der Waals surface area contributed by atoms with Gasteiger partial charge in [0, 0.05) is 29.9 Å². The number of carbonyl (C=O) groups is 2. The molecular weight excluding hydrogens is 666 g/mol. The van der Waals surface area contributed by atoms with Gasteiger partial charge in [-0.3, -0.25) is 15.0 Å². The average molecular weight is 705 g/mol. The maximum absolute atomic E-state index is 13.0. The number of hydrogen-bond donors (Lipinski definition) is 3. The number of rotatable bonds is 8. The molecule has 2 aromatic carbocycles. The van der Waals surface area contributed by atoms with Crippen LogP contribution in [0.3, 0.4) is 0 Å². The molecule has 268 valence electrons. The third-order valence-corrected chi connectivity index (χ3v) is 7.83. The van der Waals surface area contributed by atoms with Crippen LogP contribution in [0.25, 0.3) is 9.69 Å². The topological polar surface area (TPSA) is 116 Å². The molecule has 2 amide bonds. The molecule has 0 aliphatic carbocycles. The number of alkyl halides is 6. The second kappa shape index (κ2) is 15.3. The monoisotopic (exact) mass is 704 g/mol. The Hall–Kier alpha value is -4.99. The standard InChI is InChI=1S/2C17H19F3N4O/c2*1-10(2)7-12-9-16(3,24-23-12)15(25)22-11-5-6-14(21-4)13(8-11)17(18,19)20/h5-6,8,10,24H,7,9H2,1-3H3,(H,22,25);5-6,8,10,12H,7,9H2,1-3H3,(H,22,25). The van der Waals surface area contributed by atoms with Crippen molar-refractivity contribution in [3.8, 4) is 0 Å². The number of carbonyl (C=O) groups excluding carboxylic acids is 2. The molecule has 4 rings (SSSR count). The second-order valence-electron chi connectivity index (χ2n) is 13.5. The van der Waals surface area contributed by atoms with Gasteiger partial charge in [0.2, 0.25) is 0 Å². The Labute approximate surface area is 286 Å². The van der Waals surface area contributed by atoms with E-state index in [-0.39, 0.29) is 17.4 Å². The maximum atomic E-state index is 13.0. The van der Waals surface area contributed by atoms with Gasteiger partial charge in [-0.2, -0.15) is 41.7 Å². The van der Waals surface area contributed by atoms with Gasteiger partial charge < -0.3 is 10.6 Å². The van der Waals surface area contributed by atoms with Crippen molar-refractivity contribution in [2.75, 3.05) is 10.6 Å². The molecule has 0 aromatic heterocycles. The van der Waals surface area contributed by atoms with Crippen LogP contribution in [0.1, 0.15) is 78.4 Å². The van der Waals surface area contributed by atoms with E-state index < -0.39 is 57.7 Å². The van der Waals surface area contributed by atoms with Gasteiger partial charge in [-0.25, -0.2) is 9.69 Å². The van der Waals surface area contributed by atoms with Crippen LogP contribution in [0.2, 0.25) is 0 Å². The molecule has 2 aliphatic heterocycles. The third-order valence-electron chi connectivity index (χ3n) is 7.83. The normalized spacial score (nSPS) is 21.4. The Bertz CT molecular complexity index is 1740. The minimum atomic E-state index is -4.67. The molecule has 0 saturated carbocycles. The number of amides is 2.